The summed E-state index contributed by atoms with van der Waals surface area (Å²) in [5, 5.41) is 0. The molecule has 1 saturated heterocycles. The highest BCUT2D eigenvalue weighted by Crippen LogP contribution is 2.20. The van der Waals surface area contributed by atoms with Gasteiger partial charge in [-0.15, -0.1) is 0 Å². The van der Waals surface area contributed by atoms with Crippen LogP contribution in [-0.4, -0.2) is 69.2 Å². The van der Waals surface area contributed by atoms with Gasteiger partial charge in [0.15, 0.2) is 0 Å². The van der Waals surface area contributed by atoms with Crippen molar-refractivity contribution in [2.24, 2.45) is 11.7 Å². The first-order valence-corrected chi connectivity index (χ1v) is 6.21. The second-order valence-corrected chi connectivity index (χ2v) is 4.99. The van der Waals surface area contributed by atoms with Crippen LogP contribution in [0.15, 0.2) is 0 Å². The average Bonchev–Trinajstić information content (AvgIpc) is 2.74. The fourth-order valence-electron chi connectivity index (χ4n) is 2.31. The number of nitrogens with zero attached hydrogens (tertiary/aromatic N) is 2. The van der Waals surface area contributed by atoms with Crippen LogP contribution in [-0.2, 0) is 9.53 Å². The smallest absolute Gasteiger partial charge is 0.223 e. The molecular weight excluding hydrogens is 218 g/mol. The van der Waals surface area contributed by atoms with E-state index in [4.69, 9.17) is 10.5 Å². The normalized spacial score (nSPS) is 22.7. The summed E-state index contributed by atoms with van der Waals surface area (Å²) in [6, 6.07) is 0.173. The third-order valence-corrected chi connectivity index (χ3v) is 3.42. The van der Waals surface area contributed by atoms with Crippen molar-refractivity contribution in [2.75, 3.05) is 47.4 Å². The summed E-state index contributed by atoms with van der Waals surface area (Å²) in [5.74, 6) is 0.735. The van der Waals surface area contributed by atoms with Gasteiger partial charge in [0.2, 0.25) is 5.91 Å². The minimum absolute atomic E-state index is 0.149. The molecule has 1 heterocycles. The van der Waals surface area contributed by atoms with Crippen molar-refractivity contribution in [1.82, 2.24) is 9.80 Å². The zero-order valence-electron chi connectivity index (χ0n) is 11.2. The van der Waals surface area contributed by atoms with Gasteiger partial charge < -0.3 is 15.4 Å². The first-order valence-electron chi connectivity index (χ1n) is 6.21. The maximum absolute atomic E-state index is 11.7. The Bertz CT molecular complexity index is 246. The quantitative estimate of drug-likeness (QED) is 0.699. The highest BCUT2D eigenvalue weighted by molar-refractivity contribution is 5.76. The van der Waals surface area contributed by atoms with Gasteiger partial charge in [-0.25, -0.2) is 0 Å². The van der Waals surface area contributed by atoms with Crippen LogP contribution >= 0.6 is 0 Å². The molecule has 2 atom stereocenters. The standard InChI is InChI=1S/C12H25N3O2/c1-14(2)12(16)6-11(7-13)15-5-4-10(8-15)9-17-3/h10-11H,4-9,13H2,1-3H3. The molecule has 0 saturated carbocycles. The number of likely N-dealkylation sites (tertiary alicyclic amines) is 1. The predicted octanol–water partition coefficient (Wildman–Crippen LogP) is -0.240. The molecular formula is C12H25N3O2. The summed E-state index contributed by atoms with van der Waals surface area (Å²) in [6.45, 7) is 3.36. The van der Waals surface area contributed by atoms with Crippen molar-refractivity contribution >= 4 is 5.91 Å². The molecule has 0 aliphatic carbocycles. The van der Waals surface area contributed by atoms with E-state index in [2.05, 4.69) is 4.90 Å². The number of carbonyl (C=O) groups excluding carboxylic acids is 1. The van der Waals surface area contributed by atoms with E-state index in [9.17, 15) is 4.79 Å². The van der Waals surface area contributed by atoms with E-state index in [0.717, 1.165) is 26.1 Å². The van der Waals surface area contributed by atoms with E-state index in [1.807, 2.05) is 0 Å². The van der Waals surface area contributed by atoms with Crippen molar-refractivity contribution in [3.05, 3.63) is 0 Å². The van der Waals surface area contributed by atoms with Crippen molar-refractivity contribution in [3.63, 3.8) is 0 Å². The Balaban J connectivity index is 2.43. The monoisotopic (exact) mass is 243 g/mol. The number of nitrogens with two attached hydrogens (primary N) is 1. The summed E-state index contributed by atoms with van der Waals surface area (Å²) < 4.78 is 5.17. The number of amides is 1. The Hall–Kier alpha value is -0.650. The maximum Gasteiger partial charge on any atom is 0.223 e. The lowest BCUT2D eigenvalue weighted by Crippen LogP contribution is -2.42. The molecule has 0 radical (unpaired) electrons. The predicted molar refractivity (Wildman–Crippen MR) is 67.7 cm³/mol. The lowest BCUT2D eigenvalue weighted by molar-refractivity contribution is -0.129. The van der Waals surface area contributed by atoms with Crippen molar-refractivity contribution in [1.29, 1.82) is 0 Å². The molecule has 2 unspecified atom stereocenters. The van der Waals surface area contributed by atoms with Crippen molar-refractivity contribution < 1.29 is 9.53 Å². The van der Waals surface area contributed by atoms with E-state index in [0.29, 0.717) is 18.9 Å². The van der Waals surface area contributed by atoms with Crippen molar-refractivity contribution in [3.8, 4) is 0 Å². The van der Waals surface area contributed by atoms with E-state index in [1.165, 1.54) is 0 Å². The van der Waals surface area contributed by atoms with Crippen LogP contribution in [0.3, 0.4) is 0 Å². The fourth-order valence-corrected chi connectivity index (χ4v) is 2.31. The Morgan fingerprint density at radius 1 is 1.59 bits per heavy atom. The van der Waals surface area contributed by atoms with Gasteiger partial charge in [-0.1, -0.05) is 0 Å². The van der Waals surface area contributed by atoms with E-state index >= 15 is 0 Å². The van der Waals surface area contributed by atoms with Gasteiger partial charge >= 0.3 is 0 Å². The number of hydrogen-bond acceptors (Lipinski definition) is 4. The first-order chi connectivity index (χ1) is 8.08. The highest BCUT2D eigenvalue weighted by atomic mass is 16.5. The van der Waals surface area contributed by atoms with Gasteiger partial charge in [0.1, 0.15) is 0 Å². The zero-order valence-corrected chi connectivity index (χ0v) is 11.2. The third kappa shape index (κ3) is 4.26. The Kier molecular flexibility index (Phi) is 5.88. The molecule has 1 fully saturated rings. The summed E-state index contributed by atoms with van der Waals surface area (Å²) in [7, 11) is 5.31. The number of methoxy groups -OCH3 is 1. The maximum atomic E-state index is 11.7. The molecule has 5 heteroatoms. The Labute approximate surface area is 104 Å². The second kappa shape index (κ2) is 6.93. The molecule has 1 rings (SSSR count). The molecule has 0 bridgehead atoms. The van der Waals surface area contributed by atoms with Crippen LogP contribution in [0.1, 0.15) is 12.8 Å². The van der Waals surface area contributed by atoms with Crippen LogP contribution < -0.4 is 5.73 Å². The lowest BCUT2D eigenvalue weighted by Gasteiger charge is -2.27. The van der Waals surface area contributed by atoms with Gasteiger partial charge in [-0.2, -0.15) is 0 Å². The van der Waals surface area contributed by atoms with Gasteiger partial charge in [0.05, 0.1) is 6.61 Å². The molecule has 0 aromatic heterocycles. The van der Waals surface area contributed by atoms with Crippen LogP contribution in [0.5, 0.6) is 0 Å². The third-order valence-electron chi connectivity index (χ3n) is 3.42. The number of hydrogen-bond donors (Lipinski definition) is 1. The highest BCUT2D eigenvalue weighted by Gasteiger charge is 2.28. The van der Waals surface area contributed by atoms with Gasteiger partial charge in [-0.3, -0.25) is 9.69 Å². The van der Waals surface area contributed by atoms with E-state index in [-0.39, 0.29) is 11.9 Å². The number of rotatable bonds is 6. The summed E-state index contributed by atoms with van der Waals surface area (Å²) in [6.07, 6.45) is 1.66. The SMILES string of the molecule is COCC1CCN(C(CN)CC(=O)N(C)C)C1. The molecule has 2 N–H and O–H groups in total. The number of carbonyl (C=O) groups is 1. The Morgan fingerprint density at radius 2 is 2.29 bits per heavy atom. The summed E-state index contributed by atoms with van der Waals surface area (Å²) in [4.78, 5) is 15.6. The van der Waals surface area contributed by atoms with Crippen LogP contribution in [0.2, 0.25) is 0 Å². The van der Waals surface area contributed by atoms with E-state index < -0.39 is 0 Å². The van der Waals surface area contributed by atoms with Gasteiger partial charge in [0.25, 0.3) is 0 Å². The molecule has 1 aliphatic rings. The lowest BCUT2D eigenvalue weighted by atomic mass is 10.1. The molecule has 0 spiro atoms. The second-order valence-electron chi connectivity index (χ2n) is 4.99. The summed E-state index contributed by atoms with van der Waals surface area (Å²) >= 11 is 0. The average molecular weight is 243 g/mol. The molecule has 0 aromatic rings. The molecule has 0 aromatic carbocycles. The molecule has 100 valence electrons. The fraction of sp³-hybridized carbons (Fsp3) is 0.917. The molecule has 1 amide bonds. The zero-order chi connectivity index (χ0) is 12.8. The van der Waals surface area contributed by atoms with Crippen LogP contribution in [0, 0.1) is 5.92 Å². The van der Waals surface area contributed by atoms with Gasteiger partial charge in [0, 0.05) is 46.8 Å². The molecule has 5 nitrogen and oxygen atoms in total. The van der Waals surface area contributed by atoms with Gasteiger partial charge in [-0.05, 0) is 18.9 Å². The van der Waals surface area contributed by atoms with E-state index in [1.54, 1.807) is 26.1 Å². The summed E-state index contributed by atoms with van der Waals surface area (Å²) in [5.41, 5.74) is 5.78. The topological polar surface area (TPSA) is 58.8 Å². The first kappa shape index (κ1) is 14.4. The van der Waals surface area contributed by atoms with Crippen LogP contribution in [0.25, 0.3) is 0 Å². The largest absolute Gasteiger partial charge is 0.384 e. The Morgan fingerprint density at radius 3 is 2.82 bits per heavy atom. The molecule has 17 heavy (non-hydrogen) atoms. The number of ether oxygens (including phenoxy) is 1. The minimum Gasteiger partial charge on any atom is -0.384 e. The van der Waals surface area contributed by atoms with Crippen molar-refractivity contribution in [2.45, 2.75) is 18.9 Å². The molecule has 1 aliphatic heterocycles. The minimum atomic E-state index is 0.149. The van der Waals surface area contributed by atoms with Crippen LogP contribution in [0.4, 0.5) is 0 Å².